The Morgan fingerprint density at radius 1 is 1.67 bits per heavy atom. The van der Waals surface area contributed by atoms with Gasteiger partial charge in [0.1, 0.15) is 0 Å². The molecule has 1 aromatic rings. The van der Waals surface area contributed by atoms with Crippen LogP contribution in [0.25, 0.3) is 0 Å². The van der Waals surface area contributed by atoms with Crippen molar-refractivity contribution < 1.29 is 9.53 Å². The molecule has 15 heavy (non-hydrogen) atoms. The summed E-state index contributed by atoms with van der Waals surface area (Å²) in [5.74, 6) is 0.209. The van der Waals surface area contributed by atoms with Gasteiger partial charge in [0.05, 0.1) is 18.1 Å². The van der Waals surface area contributed by atoms with Crippen LogP contribution in [0.2, 0.25) is 0 Å². The average Bonchev–Trinajstić information content (AvgIpc) is 2.70. The summed E-state index contributed by atoms with van der Waals surface area (Å²) >= 11 is 1.50. The molecule has 0 aliphatic carbocycles. The fourth-order valence-corrected chi connectivity index (χ4v) is 2.44. The summed E-state index contributed by atoms with van der Waals surface area (Å²) in [5, 5.41) is 5.30. The lowest BCUT2D eigenvalue weighted by molar-refractivity contribution is 0.0464. The third-order valence-corrected chi connectivity index (χ3v) is 3.35. The second-order valence-corrected chi connectivity index (χ2v) is 4.85. The Labute approximate surface area is 93.4 Å². The first-order valence-electron chi connectivity index (χ1n) is 5.16. The van der Waals surface area contributed by atoms with E-state index in [9.17, 15) is 4.79 Å². The molecule has 82 valence electrons. The topological polar surface area (TPSA) is 38.3 Å². The molecule has 1 aliphatic heterocycles. The molecule has 0 aromatic carbocycles. The van der Waals surface area contributed by atoms with Crippen molar-refractivity contribution >= 4 is 17.1 Å². The van der Waals surface area contributed by atoms with E-state index >= 15 is 0 Å². The average molecular weight is 225 g/mol. The number of carbonyl (C=O) groups excluding carboxylic acids is 1. The van der Waals surface area contributed by atoms with Crippen LogP contribution in [-0.2, 0) is 4.74 Å². The van der Waals surface area contributed by atoms with Gasteiger partial charge in [0.25, 0.3) is 0 Å². The second-order valence-electron chi connectivity index (χ2n) is 3.91. The van der Waals surface area contributed by atoms with Gasteiger partial charge in [-0.3, -0.25) is 4.79 Å². The molecule has 3 nitrogen and oxygen atoms in total. The zero-order valence-corrected chi connectivity index (χ0v) is 9.55. The maximum Gasteiger partial charge on any atom is 0.174 e. The highest BCUT2D eigenvalue weighted by Crippen LogP contribution is 2.13. The van der Waals surface area contributed by atoms with E-state index < -0.39 is 0 Å². The number of nitrogens with one attached hydrogen (secondary N) is 1. The molecule has 1 fully saturated rings. The molecule has 0 radical (unpaired) electrons. The second kappa shape index (κ2) is 4.88. The first-order valence-corrected chi connectivity index (χ1v) is 6.04. The minimum atomic E-state index is 0.170. The Morgan fingerprint density at radius 2 is 2.53 bits per heavy atom. The molecule has 1 saturated heterocycles. The van der Waals surface area contributed by atoms with Crippen molar-refractivity contribution in [1.29, 1.82) is 0 Å². The van der Waals surface area contributed by atoms with Crippen LogP contribution >= 0.6 is 11.3 Å². The zero-order valence-electron chi connectivity index (χ0n) is 8.73. The lowest BCUT2D eigenvalue weighted by atomic mass is 10.1. The first kappa shape index (κ1) is 10.8. The van der Waals surface area contributed by atoms with Crippen LogP contribution in [0.3, 0.4) is 0 Å². The van der Waals surface area contributed by atoms with Crippen molar-refractivity contribution in [1.82, 2.24) is 5.32 Å². The minimum absolute atomic E-state index is 0.170. The molecular formula is C11H15NO2S. The van der Waals surface area contributed by atoms with E-state index in [1.165, 1.54) is 11.3 Å². The number of hydrogen-bond acceptors (Lipinski definition) is 4. The van der Waals surface area contributed by atoms with Gasteiger partial charge >= 0.3 is 0 Å². The summed E-state index contributed by atoms with van der Waals surface area (Å²) in [4.78, 5) is 12.6. The highest BCUT2D eigenvalue weighted by atomic mass is 32.1. The van der Waals surface area contributed by atoms with Crippen LogP contribution in [0.4, 0.5) is 0 Å². The number of rotatable bonds is 3. The van der Waals surface area contributed by atoms with E-state index in [0.29, 0.717) is 19.1 Å². The Balaban J connectivity index is 1.89. The number of thiophene rings is 1. The normalized spacial score (nSPS) is 26.5. The molecule has 1 N–H and O–H groups in total. The van der Waals surface area contributed by atoms with Crippen molar-refractivity contribution in [2.24, 2.45) is 0 Å². The van der Waals surface area contributed by atoms with Crippen LogP contribution < -0.4 is 5.32 Å². The minimum Gasteiger partial charge on any atom is -0.378 e. The number of ketones is 1. The molecule has 0 bridgehead atoms. The van der Waals surface area contributed by atoms with Crippen LogP contribution in [0, 0.1) is 0 Å². The number of Topliss-reactive ketones (excluding diaryl/α,β-unsaturated/α-hetero) is 1. The Bertz CT molecular complexity index is 323. The molecule has 2 atom stereocenters. The van der Waals surface area contributed by atoms with Gasteiger partial charge in [0, 0.05) is 18.5 Å². The summed E-state index contributed by atoms with van der Waals surface area (Å²) < 4.78 is 5.40. The predicted octanol–water partition coefficient (Wildman–Crippen LogP) is 1.70. The van der Waals surface area contributed by atoms with Crippen molar-refractivity contribution in [2.75, 3.05) is 13.2 Å². The van der Waals surface area contributed by atoms with E-state index in [0.717, 1.165) is 11.5 Å². The van der Waals surface area contributed by atoms with Gasteiger partial charge in [-0.05, 0) is 18.4 Å². The Morgan fingerprint density at radius 3 is 3.20 bits per heavy atom. The molecule has 2 unspecified atom stereocenters. The summed E-state index contributed by atoms with van der Waals surface area (Å²) in [7, 11) is 0. The van der Waals surface area contributed by atoms with Gasteiger partial charge in [-0.2, -0.15) is 0 Å². The largest absolute Gasteiger partial charge is 0.378 e. The van der Waals surface area contributed by atoms with Gasteiger partial charge < -0.3 is 10.1 Å². The van der Waals surface area contributed by atoms with Crippen LogP contribution in [0.5, 0.6) is 0 Å². The molecule has 2 rings (SSSR count). The molecule has 0 saturated carbocycles. The van der Waals surface area contributed by atoms with Crippen molar-refractivity contribution in [3.63, 3.8) is 0 Å². The molecular weight excluding hydrogens is 210 g/mol. The van der Waals surface area contributed by atoms with Crippen LogP contribution in [0.1, 0.15) is 23.0 Å². The lowest BCUT2D eigenvalue weighted by Gasteiger charge is -2.28. The van der Waals surface area contributed by atoms with Crippen LogP contribution in [-0.4, -0.2) is 31.1 Å². The lowest BCUT2D eigenvalue weighted by Crippen LogP contribution is -2.48. The quantitative estimate of drug-likeness (QED) is 0.796. The first-order chi connectivity index (χ1) is 7.25. The summed E-state index contributed by atoms with van der Waals surface area (Å²) in [6.45, 7) is 3.45. The molecule has 1 aliphatic rings. The Kier molecular flexibility index (Phi) is 3.51. The summed E-state index contributed by atoms with van der Waals surface area (Å²) in [5.41, 5.74) is 0. The standard InChI is InChI=1S/C11H15NO2S/c1-8-6-14-7-9(12-8)5-10(13)11-3-2-4-15-11/h2-4,8-9,12H,5-7H2,1H3. The molecule has 0 amide bonds. The van der Waals surface area contributed by atoms with Crippen molar-refractivity contribution in [2.45, 2.75) is 25.4 Å². The van der Waals surface area contributed by atoms with E-state index in [1.807, 2.05) is 17.5 Å². The zero-order chi connectivity index (χ0) is 10.7. The van der Waals surface area contributed by atoms with E-state index in [1.54, 1.807) is 0 Å². The molecule has 1 aromatic heterocycles. The highest BCUT2D eigenvalue weighted by molar-refractivity contribution is 7.12. The monoisotopic (exact) mass is 225 g/mol. The summed E-state index contributed by atoms with van der Waals surface area (Å²) in [6.07, 6.45) is 0.533. The smallest absolute Gasteiger partial charge is 0.174 e. The fourth-order valence-electron chi connectivity index (χ4n) is 1.77. The molecule has 0 spiro atoms. The Hall–Kier alpha value is -0.710. The maximum atomic E-state index is 11.8. The van der Waals surface area contributed by atoms with Gasteiger partial charge in [-0.15, -0.1) is 11.3 Å². The van der Waals surface area contributed by atoms with E-state index in [2.05, 4.69) is 12.2 Å². The van der Waals surface area contributed by atoms with Gasteiger partial charge in [-0.25, -0.2) is 0 Å². The predicted molar refractivity (Wildman–Crippen MR) is 60.5 cm³/mol. The molecule has 4 heteroatoms. The van der Waals surface area contributed by atoms with Gasteiger partial charge in [0.15, 0.2) is 5.78 Å². The third kappa shape index (κ3) is 2.87. The number of morpholine rings is 1. The molecule has 2 heterocycles. The van der Waals surface area contributed by atoms with Crippen molar-refractivity contribution in [3.05, 3.63) is 22.4 Å². The van der Waals surface area contributed by atoms with E-state index in [4.69, 9.17) is 4.74 Å². The van der Waals surface area contributed by atoms with E-state index in [-0.39, 0.29) is 11.8 Å². The van der Waals surface area contributed by atoms with Gasteiger partial charge in [-0.1, -0.05) is 6.07 Å². The van der Waals surface area contributed by atoms with Crippen LogP contribution in [0.15, 0.2) is 17.5 Å². The third-order valence-electron chi connectivity index (χ3n) is 2.43. The van der Waals surface area contributed by atoms with Crippen molar-refractivity contribution in [3.8, 4) is 0 Å². The maximum absolute atomic E-state index is 11.8. The fraction of sp³-hybridized carbons (Fsp3) is 0.545. The number of carbonyl (C=O) groups is 1. The summed E-state index contributed by atoms with van der Waals surface area (Å²) in [6, 6.07) is 4.30. The SMILES string of the molecule is CC1COCC(CC(=O)c2cccs2)N1. The number of hydrogen-bond donors (Lipinski definition) is 1. The van der Waals surface area contributed by atoms with Gasteiger partial charge in [0.2, 0.25) is 0 Å². The highest BCUT2D eigenvalue weighted by Gasteiger charge is 2.21. The number of ether oxygens (including phenoxy) is 1.